The van der Waals surface area contributed by atoms with Gasteiger partial charge in [0.25, 0.3) is 5.91 Å². The van der Waals surface area contributed by atoms with Crippen LogP contribution in [0.25, 0.3) is 0 Å². The van der Waals surface area contributed by atoms with Crippen molar-refractivity contribution in [1.82, 2.24) is 15.2 Å². The van der Waals surface area contributed by atoms with Crippen LogP contribution in [-0.4, -0.2) is 32.2 Å². The van der Waals surface area contributed by atoms with Gasteiger partial charge in [-0.3, -0.25) is 9.89 Å². The van der Waals surface area contributed by atoms with Gasteiger partial charge in [-0.1, -0.05) is 0 Å². The van der Waals surface area contributed by atoms with Crippen LogP contribution in [0.1, 0.15) is 37.9 Å². The lowest BCUT2D eigenvalue weighted by atomic mass is 10.2. The molecular weight excluding hydrogens is 248 g/mol. The zero-order valence-electron chi connectivity index (χ0n) is 10.8. The molecule has 0 saturated heterocycles. The molecule has 7 nitrogen and oxygen atoms in total. The molecule has 0 aliphatic carbocycles. The quantitative estimate of drug-likeness (QED) is 0.673. The number of nitrogens with zero attached hydrogens (tertiary/aromatic N) is 1. The molecule has 0 spiro atoms. The monoisotopic (exact) mass is 262 g/mol. The van der Waals surface area contributed by atoms with Crippen LogP contribution in [0.3, 0.4) is 0 Å². The summed E-state index contributed by atoms with van der Waals surface area (Å²) in [5, 5.41) is 18.3. The number of hydrogen-bond acceptors (Lipinski definition) is 3. The Morgan fingerprint density at radius 1 is 1.32 bits per heavy atom. The maximum absolute atomic E-state index is 12.1. The number of nitrogens with one attached hydrogen (secondary N) is 3. The van der Waals surface area contributed by atoms with Crippen LogP contribution in [0.5, 0.6) is 0 Å². The van der Waals surface area contributed by atoms with Crippen molar-refractivity contribution >= 4 is 17.6 Å². The SMILES string of the molecule is Cc1cc(NC(=O)c2c(C)n[nH]c2C)c(C(=O)O)[nH]1. The summed E-state index contributed by atoms with van der Waals surface area (Å²) in [5.41, 5.74) is 2.50. The molecule has 2 rings (SSSR count). The van der Waals surface area contributed by atoms with E-state index in [-0.39, 0.29) is 17.3 Å². The third-order valence-electron chi connectivity index (χ3n) is 2.77. The summed E-state index contributed by atoms with van der Waals surface area (Å²) < 4.78 is 0. The van der Waals surface area contributed by atoms with E-state index in [9.17, 15) is 9.59 Å². The fourth-order valence-electron chi connectivity index (χ4n) is 1.93. The second kappa shape index (κ2) is 4.60. The van der Waals surface area contributed by atoms with Crippen molar-refractivity contribution in [2.24, 2.45) is 0 Å². The van der Waals surface area contributed by atoms with Crippen LogP contribution in [0, 0.1) is 20.8 Å². The molecule has 2 aromatic heterocycles. The number of aromatic nitrogens is 3. The molecule has 4 N–H and O–H groups in total. The van der Waals surface area contributed by atoms with Gasteiger partial charge in [0.05, 0.1) is 16.9 Å². The molecule has 0 radical (unpaired) electrons. The number of carboxylic acids is 1. The zero-order valence-corrected chi connectivity index (χ0v) is 10.8. The van der Waals surface area contributed by atoms with Crippen molar-refractivity contribution in [1.29, 1.82) is 0 Å². The van der Waals surface area contributed by atoms with Gasteiger partial charge in [-0.2, -0.15) is 5.10 Å². The first kappa shape index (κ1) is 12.9. The van der Waals surface area contributed by atoms with Crippen LogP contribution >= 0.6 is 0 Å². The Hall–Kier alpha value is -2.57. The lowest BCUT2D eigenvalue weighted by molar-refractivity contribution is 0.0692. The van der Waals surface area contributed by atoms with Gasteiger partial charge in [0.1, 0.15) is 5.69 Å². The number of carbonyl (C=O) groups is 2. The van der Waals surface area contributed by atoms with Crippen molar-refractivity contribution in [3.8, 4) is 0 Å². The second-order valence-electron chi connectivity index (χ2n) is 4.31. The number of aromatic amines is 2. The van der Waals surface area contributed by atoms with E-state index in [1.807, 2.05) is 0 Å². The third kappa shape index (κ3) is 2.35. The molecule has 2 heterocycles. The number of amides is 1. The molecule has 0 bridgehead atoms. The summed E-state index contributed by atoms with van der Waals surface area (Å²) >= 11 is 0. The Bertz CT molecular complexity index is 634. The Labute approximate surface area is 109 Å². The van der Waals surface area contributed by atoms with Gasteiger partial charge in [0, 0.05) is 11.4 Å². The van der Waals surface area contributed by atoms with Gasteiger partial charge in [-0.15, -0.1) is 0 Å². The molecule has 0 unspecified atom stereocenters. The highest BCUT2D eigenvalue weighted by atomic mass is 16.4. The van der Waals surface area contributed by atoms with Crippen LogP contribution < -0.4 is 5.32 Å². The topological polar surface area (TPSA) is 111 Å². The fraction of sp³-hybridized carbons (Fsp3) is 0.250. The number of rotatable bonds is 3. The fourth-order valence-corrected chi connectivity index (χ4v) is 1.93. The number of carboxylic acid groups (broad SMARTS) is 1. The Morgan fingerprint density at radius 2 is 2.00 bits per heavy atom. The van der Waals surface area contributed by atoms with Crippen molar-refractivity contribution in [2.45, 2.75) is 20.8 Å². The van der Waals surface area contributed by atoms with E-state index in [4.69, 9.17) is 5.11 Å². The summed E-state index contributed by atoms with van der Waals surface area (Å²) in [5.74, 6) is -1.51. The van der Waals surface area contributed by atoms with Crippen molar-refractivity contribution in [3.63, 3.8) is 0 Å². The van der Waals surface area contributed by atoms with E-state index in [0.717, 1.165) is 0 Å². The normalized spacial score (nSPS) is 10.5. The summed E-state index contributed by atoms with van der Waals surface area (Å²) in [4.78, 5) is 25.8. The predicted octanol–water partition coefficient (Wildman–Crippen LogP) is 1.61. The maximum Gasteiger partial charge on any atom is 0.354 e. The molecule has 0 saturated carbocycles. The lowest BCUT2D eigenvalue weighted by Gasteiger charge is -2.04. The zero-order chi connectivity index (χ0) is 14.2. The van der Waals surface area contributed by atoms with Gasteiger partial charge in [0.2, 0.25) is 0 Å². The van der Waals surface area contributed by atoms with Crippen LogP contribution in [-0.2, 0) is 0 Å². The summed E-state index contributed by atoms with van der Waals surface area (Å²) in [6.45, 7) is 5.16. The molecule has 19 heavy (non-hydrogen) atoms. The molecule has 0 aliphatic heterocycles. The minimum Gasteiger partial charge on any atom is -0.477 e. The maximum atomic E-state index is 12.1. The molecule has 0 atom stereocenters. The van der Waals surface area contributed by atoms with E-state index in [2.05, 4.69) is 20.5 Å². The first-order valence-corrected chi connectivity index (χ1v) is 5.66. The summed E-state index contributed by atoms with van der Waals surface area (Å²) in [7, 11) is 0. The highest BCUT2D eigenvalue weighted by Crippen LogP contribution is 2.19. The average molecular weight is 262 g/mol. The molecule has 100 valence electrons. The highest BCUT2D eigenvalue weighted by molar-refractivity contribution is 6.08. The third-order valence-corrected chi connectivity index (χ3v) is 2.77. The predicted molar refractivity (Wildman–Crippen MR) is 68.5 cm³/mol. The summed E-state index contributed by atoms with van der Waals surface area (Å²) in [6, 6.07) is 1.58. The smallest absolute Gasteiger partial charge is 0.354 e. The number of anilines is 1. The van der Waals surface area contributed by atoms with Crippen LogP contribution in [0.4, 0.5) is 5.69 Å². The van der Waals surface area contributed by atoms with Crippen molar-refractivity contribution in [3.05, 3.63) is 34.4 Å². The number of carbonyl (C=O) groups excluding carboxylic acids is 1. The Morgan fingerprint density at radius 3 is 2.53 bits per heavy atom. The number of hydrogen-bond donors (Lipinski definition) is 4. The number of aryl methyl sites for hydroxylation is 3. The lowest BCUT2D eigenvalue weighted by Crippen LogP contribution is -2.15. The molecule has 0 aromatic carbocycles. The van der Waals surface area contributed by atoms with Crippen LogP contribution in [0.2, 0.25) is 0 Å². The Kier molecular flexibility index (Phi) is 3.12. The molecule has 7 heteroatoms. The first-order valence-electron chi connectivity index (χ1n) is 5.66. The highest BCUT2D eigenvalue weighted by Gasteiger charge is 2.19. The molecule has 0 aliphatic rings. The average Bonchev–Trinajstić information content (AvgIpc) is 2.82. The molecule has 2 aromatic rings. The van der Waals surface area contributed by atoms with Crippen molar-refractivity contribution < 1.29 is 14.7 Å². The van der Waals surface area contributed by atoms with E-state index in [1.165, 1.54) is 0 Å². The van der Waals surface area contributed by atoms with Gasteiger partial charge < -0.3 is 15.4 Å². The van der Waals surface area contributed by atoms with Gasteiger partial charge in [0.15, 0.2) is 0 Å². The van der Waals surface area contributed by atoms with Gasteiger partial charge in [-0.05, 0) is 26.8 Å². The molecular formula is C12H14N4O3. The first-order chi connectivity index (χ1) is 8.90. The van der Waals surface area contributed by atoms with E-state index < -0.39 is 5.97 Å². The number of aromatic carboxylic acids is 1. The standard InChI is InChI=1S/C12H14N4O3/c1-5-4-8(10(13-5)12(18)19)14-11(17)9-6(2)15-16-7(9)3/h4,13H,1-3H3,(H,14,17)(H,15,16)(H,18,19). The van der Waals surface area contributed by atoms with E-state index >= 15 is 0 Å². The molecule has 1 amide bonds. The largest absolute Gasteiger partial charge is 0.477 e. The van der Waals surface area contributed by atoms with Gasteiger partial charge >= 0.3 is 5.97 Å². The second-order valence-corrected chi connectivity index (χ2v) is 4.31. The number of H-pyrrole nitrogens is 2. The molecule has 0 fully saturated rings. The Balaban J connectivity index is 2.32. The van der Waals surface area contributed by atoms with Crippen molar-refractivity contribution in [2.75, 3.05) is 5.32 Å². The van der Waals surface area contributed by atoms with Gasteiger partial charge in [-0.25, -0.2) is 4.79 Å². The van der Waals surface area contributed by atoms with E-state index in [0.29, 0.717) is 22.6 Å². The minimum absolute atomic E-state index is 0.0374. The van der Waals surface area contributed by atoms with Crippen LogP contribution in [0.15, 0.2) is 6.07 Å². The summed E-state index contributed by atoms with van der Waals surface area (Å²) in [6.07, 6.45) is 0. The minimum atomic E-state index is -1.12. The van der Waals surface area contributed by atoms with E-state index in [1.54, 1.807) is 26.8 Å².